The summed E-state index contributed by atoms with van der Waals surface area (Å²) in [5.74, 6) is 1.10. The second-order valence-electron chi connectivity index (χ2n) is 7.52. The molecule has 8 heteroatoms. The number of nitrogens with one attached hydrogen (secondary N) is 2. The monoisotopic (exact) mass is 414 g/mol. The van der Waals surface area contributed by atoms with E-state index in [1.807, 2.05) is 24.3 Å². The number of hydrogen-bond acceptors (Lipinski definition) is 7. The fraction of sp³-hybridized carbons (Fsp3) is 0.217. The maximum Gasteiger partial charge on any atom is 0.251 e. The Labute approximate surface area is 178 Å². The Bertz CT molecular complexity index is 1250. The number of rotatable bonds is 5. The predicted molar refractivity (Wildman–Crippen MR) is 117 cm³/mol. The van der Waals surface area contributed by atoms with Gasteiger partial charge < -0.3 is 20.9 Å². The van der Waals surface area contributed by atoms with Crippen molar-refractivity contribution in [2.24, 2.45) is 5.73 Å². The minimum Gasteiger partial charge on any atom is -0.366 e. The van der Waals surface area contributed by atoms with Crippen molar-refractivity contribution in [1.82, 2.24) is 20.4 Å². The number of fused-ring (bicyclic) bond motifs is 2. The Balaban J connectivity index is 1.59. The summed E-state index contributed by atoms with van der Waals surface area (Å²) >= 11 is 0. The first-order chi connectivity index (χ1) is 15.2. The summed E-state index contributed by atoms with van der Waals surface area (Å²) in [4.78, 5) is 21.4. The van der Waals surface area contributed by atoms with E-state index in [2.05, 4.69) is 27.9 Å². The minimum absolute atomic E-state index is 0.314. The number of aromatic nitrogens is 3. The highest BCUT2D eigenvalue weighted by Crippen LogP contribution is 2.31. The fourth-order valence-corrected chi connectivity index (χ4v) is 3.87. The largest absolute Gasteiger partial charge is 0.366 e. The summed E-state index contributed by atoms with van der Waals surface area (Å²) in [6, 6.07) is 15.4. The Morgan fingerprint density at radius 2 is 2.00 bits per heavy atom. The Kier molecular flexibility index (Phi) is 5.05. The lowest BCUT2D eigenvalue weighted by molar-refractivity contribution is 0.100. The van der Waals surface area contributed by atoms with Gasteiger partial charge in [0.25, 0.3) is 5.91 Å². The van der Waals surface area contributed by atoms with Gasteiger partial charge in [0.15, 0.2) is 0 Å². The van der Waals surface area contributed by atoms with Crippen LogP contribution in [-0.4, -0.2) is 27.6 Å². The molecule has 0 bridgehead atoms. The van der Waals surface area contributed by atoms with Crippen LogP contribution in [0, 0.1) is 0 Å². The molecule has 4 aromatic rings. The molecule has 156 valence electrons. The molecule has 8 nitrogen and oxygen atoms in total. The van der Waals surface area contributed by atoms with Gasteiger partial charge in [-0.05, 0) is 37.1 Å². The standard InChI is InChI=1S/C23H22N6O2/c24-21(30)16-9-4-8-15-19(16)29-31-20(15)23-27-18-10-5-11-25-13-17(18)22(28-23)26-12-14-6-2-1-3-7-14/h1-4,6-9,25H,5,10-13H2,(H2,24,30)(H,26,27,28). The summed E-state index contributed by atoms with van der Waals surface area (Å²) in [6.07, 6.45) is 1.83. The molecule has 0 saturated heterocycles. The third-order valence-corrected chi connectivity index (χ3v) is 5.44. The first kappa shape index (κ1) is 19.2. The van der Waals surface area contributed by atoms with Crippen LogP contribution in [0.3, 0.4) is 0 Å². The van der Waals surface area contributed by atoms with Crippen LogP contribution in [0.4, 0.5) is 5.82 Å². The topological polar surface area (TPSA) is 119 Å². The van der Waals surface area contributed by atoms with Crippen LogP contribution in [0.2, 0.25) is 0 Å². The van der Waals surface area contributed by atoms with Crippen LogP contribution in [0.15, 0.2) is 53.1 Å². The number of primary amides is 1. The van der Waals surface area contributed by atoms with Gasteiger partial charge in [-0.25, -0.2) is 9.97 Å². The molecule has 1 aliphatic rings. The van der Waals surface area contributed by atoms with E-state index in [9.17, 15) is 4.79 Å². The second-order valence-corrected chi connectivity index (χ2v) is 7.52. The van der Waals surface area contributed by atoms with E-state index in [0.29, 0.717) is 41.1 Å². The molecule has 0 aliphatic carbocycles. The Morgan fingerprint density at radius 1 is 1.13 bits per heavy atom. The summed E-state index contributed by atoms with van der Waals surface area (Å²) in [7, 11) is 0. The number of carbonyl (C=O) groups excluding carboxylic acids is 1. The van der Waals surface area contributed by atoms with Crippen LogP contribution >= 0.6 is 0 Å². The lowest BCUT2D eigenvalue weighted by Crippen LogP contribution is -2.15. The molecule has 0 unspecified atom stereocenters. The van der Waals surface area contributed by atoms with Crippen LogP contribution < -0.4 is 16.4 Å². The molecule has 0 radical (unpaired) electrons. The molecule has 2 aromatic heterocycles. The van der Waals surface area contributed by atoms with Gasteiger partial charge in [-0.2, -0.15) is 0 Å². The molecule has 0 fully saturated rings. The van der Waals surface area contributed by atoms with Crippen molar-refractivity contribution >= 4 is 22.6 Å². The van der Waals surface area contributed by atoms with Gasteiger partial charge in [0.05, 0.1) is 16.6 Å². The SMILES string of the molecule is NC(=O)c1cccc2c(-c3nc4c(c(NCc5ccccc5)n3)CNCCC4)onc12. The maximum atomic E-state index is 11.8. The number of hydrogen-bond donors (Lipinski definition) is 3. The number of amides is 1. The third kappa shape index (κ3) is 3.73. The highest BCUT2D eigenvalue weighted by atomic mass is 16.5. The van der Waals surface area contributed by atoms with E-state index in [0.717, 1.165) is 42.0 Å². The predicted octanol–water partition coefficient (Wildman–Crippen LogP) is 3.03. The number of nitrogens with zero attached hydrogens (tertiary/aromatic N) is 3. The normalized spacial score (nSPS) is 13.5. The maximum absolute atomic E-state index is 11.8. The number of benzene rings is 2. The van der Waals surface area contributed by atoms with Crippen molar-refractivity contribution in [3.05, 3.63) is 70.9 Å². The molecule has 31 heavy (non-hydrogen) atoms. The number of carbonyl (C=O) groups is 1. The number of aryl methyl sites for hydroxylation is 1. The first-order valence-electron chi connectivity index (χ1n) is 10.3. The van der Waals surface area contributed by atoms with E-state index in [4.69, 9.17) is 20.2 Å². The molecule has 4 N–H and O–H groups in total. The lowest BCUT2D eigenvalue weighted by atomic mass is 10.1. The molecule has 0 atom stereocenters. The van der Waals surface area contributed by atoms with Crippen molar-refractivity contribution < 1.29 is 9.32 Å². The third-order valence-electron chi connectivity index (χ3n) is 5.44. The smallest absolute Gasteiger partial charge is 0.251 e. The quantitative estimate of drug-likeness (QED) is 0.459. The van der Waals surface area contributed by atoms with Crippen LogP contribution in [0.5, 0.6) is 0 Å². The van der Waals surface area contributed by atoms with Gasteiger partial charge in [-0.3, -0.25) is 4.79 Å². The lowest BCUT2D eigenvalue weighted by Gasteiger charge is -2.14. The first-order valence-corrected chi connectivity index (χ1v) is 10.3. The molecular weight excluding hydrogens is 392 g/mol. The van der Waals surface area contributed by atoms with Gasteiger partial charge in [-0.15, -0.1) is 0 Å². The van der Waals surface area contributed by atoms with Crippen LogP contribution in [0.1, 0.15) is 33.6 Å². The Morgan fingerprint density at radius 3 is 2.84 bits per heavy atom. The molecule has 1 amide bonds. The van der Waals surface area contributed by atoms with Gasteiger partial charge in [0.1, 0.15) is 11.3 Å². The zero-order valence-electron chi connectivity index (χ0n) is 16.9. The van der Waals surface area contributed by atoms with Crippen molar-refractivity contribution in [1.29, 1.82) is 0 Å². The molecule has 1 aliphatic heterocycles. The molecule has 2 aromatic carbocycles. The van der Waals surface area contributed by atoms with Gasteiger partial charge in [0.2, 0.25) is 11.6 Å². The summed E-state index contributed by atoms with van der Waals surface area (Å²) in [5, 5.41) is 11.7. The van der Waals surface area contributed by atoms with Crippen LogP contribution in [-0.2, 0) is 19.5 Å². The average molecular weight is 414 g/mol. The van der Waals surface area contributed by atoms with E-state index in [1.165, 1.54) is 0 Å². The van der Waals surface area contributed by atoms with E-state index in [-0.39, 0.29) is 0 Å². The number of anilines is 1. The van der Waals surface area contributed by atoms with Crippen molar-refractivity contribution in [2.75, 3.05) is 11.9 Å². The van der Waals surface area contributed by atoms with Crippen molar-refractivity contribution in [3.8, 4) is 11.6 Å². The zero-order chi connectivity index (χ0) is 21.2. The Hall–Kier alpha value is -3.78. The molecule has 3 heterocycles. The zero-order valence-corrected chi connectivity index (χ0v) is 16.9. The summed E-state index contributed by atoms with van der Waals surface area (Å²) in [6.45, 7) is 2.28. The van der Waals surface area contributed by atoms with Crippen LogP contribution in [0.25, 0.3) is 22.5 Å². The number of nitrogens with two attached hydrogens (primary N) is 1. The summed E-state index contributed by atoms with van der Waals surface area (Å²) < 4.78 is 5.61. The molecule has 5 rings (SSSR count). The van der Waals surface area contributed by atoms with E-state index in [1.54, 1.807) is 12.1 Å². The minimum atomic E-state index is -0.551. The van der Waals surface area contributed by atoms with Crippen molar-refractivity contribution in [2.45, 2.75) is 25.9 Å². The molecular formula is C23H22N6O2. The average Bonchev–Trinajstić information content (AvgIpc) is 3.08. The second kappa shape index (κ2) is 8.16. The van der Waals surface area contributed by atoms with Crippen molar-refractivity contribution in [3.63, 3.8) is 0 Å². The van der Waals surface area contributed by atoms with Gasteiger partial charge >= 0.3 is 0 Å². The molecule has 0 spiro atoms. The van der Waals surface area contributed by atoms with E-state index < -0.39 is 5.91 Å². The van der Waals surface area contributed by atoms with E-state index >= 15 is 0 Å². The van der Waals surface area contributed by atoms with Gasteiger partial charge in [0, 0.05) is 18.7 Å². The fourth-order valence-electron chi connectivity index (χ4n) is 3.87. The van der Waals surface area contributed by atoms with Gasteiger partial charge in [-0.1, -0.05) is 41.6 Å². The highest BCUT2D eigenvalue weighted by Gasteiger charge is 2.22. The molecule has 0 saturated carbocycles. The summed E-state index contributed by atoms with van der Waals surface area (Å²) in [5.41, 5.74) is 9.44. The highest BCUT2D eigenvalue weighted by molar-refractivity contribution is 6.07.